The Hall–Kier alpha value is -3.29. The summed E-state index contributed by atoms with van der Waals surface area (Å²) in [7, 11) is -3.64. The number of rotatable bonds is 5. The van der Waals surface area contributed by atoms with Gasteiger partial charge in [-0.1, -0.05) is 30.3 Å². The Labute approximate surface area is 173 Å². The molecule has 2 aromatic heterocycles. The topological polar surface area (TPSA) is 91.9 Å². The zero-order chi connectivity index (χ0) is 20.7. The average molecular weight is 417 g/mol. The van der Waals surface area contributed by atoms with Crippen LogP contribution in [0.1, 0.15) is 16.8 Å². The minimum absolute atomic E-state index is 0.134. The zero-order valence-corrected chi connectivity index (χ0v) is 16.9. The molecule has 0 amide bonds. The van der Waals surface area contributed by atoms with Gasteiger partial charge >= 0.3 is 0 Å². The molecule has 2 heterocycles. The highest BCUT2D eigenvalue weighted by Gasteiger charge is 2.25. The molecule has 2 N–H and O–H groups in total. The molecule has 30 heavy (non-hydrogen) atoms. The summed E-state index contributed by atoms with van der Waals surface area (Å²) in [6, 6.07) is 18.1. The van der Waals surface area contributed by atoms with Gasteiger partial charge in [0.25, 0.3) is 5.56 Å². The Morgan fingerprint density at radius 1 is 1.00 bits per heavy atom. The van der Waals surface area contributed by atoms with Gasteiger partial charge < -0.3 is 4.98 Å². The van der Waals surface area contributed by atoms with Gasteiger partial charge in [0.2, 0.25) is 10.0 Å². The van der Waals surface area contributed by atoms with Gasteiger partial charge in [-0.25, -0.2) is 13.1 Å². The number of sulfonamides is 1. The van der Waals surface area contributed by atoms with Crippen molar-refractivity contribution in [1.82, 2.24) is 14.7 Å². The predicted molar refractivity (Wildman–Crippen MR) is 116 cm³/mol. The van der Waals surface area contributed by atoms with E-state index in [1.165, 1.54) is 0 Å². The molecular formula is C23H19N3O3S. The van der Waals surface area contributed by atoms with Crippen molar-refractivity contribution in [1.29, 1.82) is 0 Å². The predicted octanol–water partition coefficient (Wildman–Crippen LogP) is 3.02. The van der Waals surface area contributed by atoms with E-state index in [9.17, 15) is 13.2 Å². The van der Waals surface area contributed by atoms with Gasteiger partial charge in [0.1, 0.15) is 0 Å². The summed E-state index contributed by atoms with van der Waals surface area (Å²) in [5.74, 6) is 0. The van der Waals surface area contributed by atoms with Crippen molar-refractivity contribution in [3.05, 3.63) is 94.0 Å². The van der Waals surface area contributed by atoms with Crippen LogP contribution in [0.3, 0.4) is 0 Å². The lowest BCUT2D eigenvalue weighted by Crippen LogP contribution is -2.26. The fraction of sp³-hybridized carbons (Fsp3) is 0.130. The van der Waals surface area contributed by atoms with Gasteiger partial charge in [-0.05, 0) is 46.8 Å². The lowest BCUT2D eigenvalue weighted by Gasteiger charge is -2.08. The van der Waals surface area contributed by atoms with Crippen molar-refractivity contribution >= 4 is 20.8 Å². The number of hydrogen-bond acceptors (Lipinski definition) is 4. The maximum Gasteiger partial charge on any atom is 0.256 e. The molecule has 5 rings (SSSR count). The Kier molecular flexibility index (Phi) is 4.49. The molecule has 0 bridgehead atoms. The van der Waals surface area contributed by atoms with Crippen molar-refractivity contribution in [3.63, 3.8) is 0 Å². The fourth-order valence-electron chi connectivity index (χ4n) is 4.01. The number of H-pyrrole nitrogens is 1. The van der Waals surface area contributed by atoms with Crippen LogP contribution in [0.15, 0.2) is 76.6 Å². The maximum absolute atomic E-state index is 12.8. The van der Waals surface area contributed by atoms with Gasteiger partial charge in [-0.15, -0.1) is 0 Å². The molecule has 4 aromatic rings. The van der Waals surface area contributed by atoms with Crippen LogP contribution < -0.4 is 10.3 Å². The van der Waals surface area contributed by atoms with Crippen LogP contribution in [0.4, 0.5) is 0 Å². The van der Waals surface area contributed by atoms with Crippen LogP contribution in [0.2, 0.25) is 0 Å². The van der Waals surface area contributed by atoms with Crippen molar-refractivity contribution in [2.75, 3.05) is 6.54 Å². The van der Waals surface area contributed by atoms with E-state index in [-0.39, 0.29) is 17.0 Å². The van der Waals surface area contributed by atoms with E-state index in [1.54, 1.807) is 30.5 Å². The van der Waals surface area contributed by atoms with E-state index >= 15 is 0 Å². The minimum atomic E-state index is -3.64. The fourth-order valence-corrected chi connectivity index (χ4v) is 5.09. The van der Waals surface area contributed by atoms with E-state index in [4.69, 9.17) is 0 Å². The Morgan fingerprint density at radius 3 is 2.60 bits per heavy atom. The first-order valence-electron chi connectivity index (χ1n) is 9.70. The smallest absolute Gasteiger partial charge is 0.256 e. The first-order valence-corrected chi connectivity index (χ1v) is 11.2. The molecular weight excluding hydrogens is 398 g/mol. The number of aromatic amines is 1. The van der Waals surface area contributed by atoms with Crippen LogP contribution in [0, 0.1) is 0 Å². The summed E-state index contributed by atoms with van der Waals surface area (Å²) in [6.45, 7) is 0.272. The van der Waals surface area contributed by atoms with Gasteiger partial charge in [0, 0.05) is 42.2 Å². The van der Waals surface area contributed by atoms with Crippen LogP contribution >= 0.6 is 0 Å². The van der Waals surface area contributed by atoms with Crippen LogP contribution in [-0.2, 0) is 22.9 Å². The van der Waals surface area contributed by atoms with Crippen LogP contribution in [-0.4, -0.2) is 24.9 Å². The number of benzene rings is 2. The molecule has 0 unspecified atom stereocenters. The summed E-state index contributed by atoms with van der Waals surface area (Å²) in [5.41, 5.74) is 4.27. The summed E-state index contributed by atoms with van der Waals surface area (Å²) in [5, 5.41) is 1.55. The number of fused-ring (bicyclic) bond motifs is 5. The maximum atomic E-state index is 12.8. The Balaban J connectivity index is 1.43. The molecule has 0 fully saturated rings. The zero-order valence-electron chi connectivity index (χ0n) is 16.1. The largest absolute Gasteiger partial charge is 0.321 e. The van der Waals surface area contributed by atoms with Gasteiger partial charge in [0.15, 0.2) is 0 Å². The van der Waals surface area contributed by atoms with Crippen molar-refractivity contribution in [2.24, 2.45) is 0 Å². The van der Waals surface area contributed by atoms with Crippen LogP contribution in [0.5, 0.6) is 0 Å². The van der Waals surface area contributed by atoms with E-state index in [0.717, 1.165) is 33.5 Å². The lowest BCUT2D eigenvalue weighted by molar-refractivity contribution is 0.581. The molecule has 2 aromatic carbocycles. The molecule has 0 spiro atoms. The number of hydrogen-bond donors (Lipinski definition) is 2. The third kappa shape index (κ3) is 3.22. The summed E-state index contributed by atoms with van der Waals surface area (Å²) >= 11 is 0. The third-order valence-corrected chi connectivity index (χ3v) is 6.92. The van der Waals surface area contributed by atoms with E-state index < -0.39 is 10.0 Å². The Bertz CT molecular complexity index is 1430. The summed E-state index contributed by atoms with van der Waals surface area (Å²) < 4.78 is 28.2. The van der Waals surface area contributed by atoms with Gasteiger partial charge in [-0.3, -0.25) is 9.78 Å². The molecule has 0 radical (unpaired) electrons. The van der Waals surface area contributed by atoms with Crippen molar-refractivity contribution in [3.8, 4) is 11.3 Å². The van der Waals surface area contributed by atoms with E-state index in [1.807, 2.05) is 36.4 Å². The summed E-state index contributed by atoms with van der Waals surface area (Å²) in [4.78, 5) is 19.8. The molecule has 7 heteroatoms. The lowest BCUT2D eigenvalue weighted by atomic mass is 10.0. The average Bonchev–Trinajstić information content (AvgIpc) is 3.13. The van der Waals surface area contributed by atoms with Crippen molar-refractivity contribution in [2.45, 2.75) is 17.7 Å². The number of aromatic nitrogens is 2. The standard InChI is InChI=1S/C23H19N3O3S/c27-23-20-7-2-1-6-19(20)21-14-15-13-17(8-9-18(15)22(21)26-23)30(28,29)25-12-10-16-5-3-4-11-24-16/h1-9,11,13,25H,10,12,14H2,(H,26,27). The normalized spacial score (nSPS) is 12.7. The number of nitrogens with one attached hydrogen (secondary N) is 2. The second-order valence-electron chi connectivity index (χ2n) is 7.32. The monoisotopic (exact) mass is 417 g/mol. The number of nitrogens with zero attached hydrogens (tertiary/aromatic N) is 1. The van der Waals surface area contributed by atoms with E-state index in [2.05, 4.69) is 14.7 Å². The molecule has 0 saturated heterocycles. The molecule has 1 aliphatic carbocycles. The van der Waals surface area contributed by atoms with E-state index in [0.29, 0.717) is 18.2 Å². The first kappa shape index (κ1) is 18.7. The highest BCUT2D eigenvalue weighted by Crippen LogP contribution is 2.38. The minimum Gasteiger partial charge on any atom is -0.321 e. The van der Waals surface area contributed by atoms with Crippen LogP contribution in [0.25, 0.3) is 22.0 Å². The Morgan fingerprint density at radius 2 is 1.80 bits per heavy atom. The van der Waals surface area contributed by atoms with Gasteiger partial charge in [0.05, 0.1) is 10.6 Å². The molecule has 0 saturated carbocycles. The molecule has 0 aliphatic heterocycles. The molecule has 0 atom stereocenters. The highest BCUT2D eigenvalue weighted by molar-refractivity contribution is 7.89. The number of pyridine rings is 2. The quantitative estimate of drug-likeness (QED) is 0.460. The van der Waals surface area contributed by atoms with Gasteiger partial charge in [-0.2, -0.15) is 0 Å². The first-order chi connectivity index (χ1) is 14.5. The molecule has 1 aliphatic rings. The third-order valence-electron chi connectivity index (χ3n) is 5.46. The van der Waals surface area contributed by atoms with Crippen molar-refractivity contribution < 1.29 is 8.42 Å². The second-order valence-corrected chi connectivity index (χ2v) is 9.08. The molecule has 6 nitrogen and oxygen atoms in total. The molecule has 150 valence electrons. The second kappa shape index (κ2) is 7.19. The summed E-state index contributed by atoms with van der Waals surface area (Å²) in [6.07, 6.45) is 2.79. The highest BCUT2D eigenvalue weighted by atomic mass is 32.2. The SMILES string of the molecule is O=c1[nH]c2c(c3ccccc13)Cc1cc(S(=O)(=O)NCCc3ccccn3)ccc1-2.